The van der Waals surface area contributed by atoms with Gasteiger partial charge in [0.15, 0.2) is 0 Å². The van der Waals surface area contributed by atoms with Gasteiger partial charge in [0.05, 0.1) is 5.60 Å². The highest BCUT2D eigenvalue weighted by molar-refractivity contribution is 6.31. The van der Waals surface area contributed by atoms with Crippen LogP contribution in [0.5, 0.6) is 0 Å². The van der Waals surface area contributed by atoms with Gasteiger partial charge in [-0.15, -0.1) is 0 Å². The lowest BCUT2D eigenvalue weighted by Gasteiger charge is -2.47. The molecule has 0 aromatic heterocycles. The molecule has 3 heteroatoms. The Morgan fingerprint density at radius 1 is 1.08 bits per heavy atom. The van der Waals surface area contributed by atoms with E-state index in [1.165, 1.54) is 46.2 Å². The third-order valence-electron chi connectivity index (χ3n) is 6.39. The predicted octanol–water partition coefficient (Wildman–Crippen LogP) is 5.25. The highest BCUT2D eigenvalue weighted by Crippen LogP contribution is 2.45. The fourth-order valence-electron chi connectivity index (χ4n) is 4.91. The van der Waals surface area contributed by atoms with Crippen molar-refractivity contribution in [1.29, 1.82) is 0 Å². The van der Waals surface area contributed by atoms with Crippen molar-refractivity contribution >= 4 is 11.6 Å². The Kier molecular flexibility index (Phi) is 3.76. The summed E-state index contributed by atoms with van der Waals surface area (Å²) in [7, 11) is 0. The number of fused-ring (bicyclic) bond motifs is 1. The molecule has 0 bridgehead atoms. The van der Waals surface area contributed by atoms with Crippen molar-refractivity contribution in [3.05, 3.63) is 57.6 Å². The van der Waals surface area contributed by atoms with Crippen molar-refractivity contribution < 1.29 is 5.11 Å². The summed E-state index contributed by atoms with van der Waals surface area (Å²) in [5, 5.41) is 11.0. The number of aryl methyl sites for hydroxylation is 2. The average molecular weight is 368 g/mol. The van der Waals surface area contributed by atoms with Crippen LogP contribution in [0.3, 0.4) is 0 Å². The van der Waals surface area contributed by atoms with Gasteiger partial charge >= 0.3 is 0 Å². The molecule has 1 heterocycles. The van der Waals surface area contributed by atoms with Crippen molar-refractivity contribution in [2.24, 2.45) is 0 Å². The van der Waals surface area contributed by atoms with Crippen LogP contribution in [-0.4, -0.2) is 28.7 Å². The summed E-state index contributed by atoms with van der Waals surface area (Å²) in [5.74, 6) is 0.687. The molecule has 1 saturated heterocycles. The van der Waals surface area contributed by atoms with Crippen LogP contribution < -0.4 is 0 Å². The van der Waals surface area contributed by atoms with E-state index >= 15 is 0 Å². The summed E-state index contributed by atoms with van der Waals surface area (Å²) in [6.45, 7) is 5.72. The van der Waals surface area contributed by atoms with Gasteiger partial charge in [0.25, 0.3) is 0 Å². The van der Waals surface area contributed by atoms with Gasteiger partial charge in [0.2, 0.25) is 0 Å². The van der Waals surface area contributed by atoms with Gasteiger partial charge < -0.3 is 5.11 Å². The zero-order chi connectivity index (χ0) is 18.1. The zero-order valence-corrected chi connectivity index (χ0v) is 16.3. The van der Waals surface area contributed by atoms with E-state index < -0.39 is 5.60 Å². The number of benzene rings is 2. The lowest BCUT2D eigenvalue weighted by molar-refractivity contribution is -0.103. The summed E-state index contributed by atoms with van der Waals surface area (Å²) in [6.07, 6.45) is 4.85. The van der Waals surface area contributed by atoms with E-state index in [0.29, 0.717) is 12.0 Å². The second-order valence-corrected chi connectivity index (χ2v) is 9.24. The van der Waals surface area contributed by atoms with Gasteiger partial charge in [0.1, 0.15) is 0 Å². The van der Waals surface area contributed by atoms with E-state index in [-0.39, 0.29) is 0 Å². The van der Waals surface area contributed by atoms with Gasteiger partial charge in [-0.1, -0.05) is 35.9 Å². The number of likely N-dealkylation sites (tertiary alicyclic amines) is 1. The molecule has 2 aliphatic carbocycles. The van der Waals surface area contributed by atoms with Crippen LogP contribution in [0, 0.1) is 6.92 Å². The fourth-order valence-corrected chi connectivity index (χ4v) is 5.24. The molecule has 1 saturated carbocycles. The van der Waals surface area contributed by atoms with Gasteiger partial charge in [-0.05, 0) is 84.9 Å². The molecule has 1 aliphatic heterocycles. The van der Waals surface area contributed by atoms with Crippen LogP contribution in [0.15, 0.2) is 30.3 Å². The summed E-state index contributed by atoms with van der Waals surface area (Å²) in [6, 6.07) is 11.9. The SMILES string of the molecule is Cc1cc2c(cc1-c1ccc(C3CC3)c(Cl)c1)CC[C@@H]2N1CC(C)(O)C1. The fraction of sp³-hybridized carbons (Fsp3) is 0.478. The van der Waals surface area contributed by atoms with Crippen molar-refractivity contribution in [3.8, 4) is 11.1 Å². The standard InChI is InChI=1S/C23H26ClNO/c1-14-9-20-16(6-8-22(20)25-12-23(2,26)13-25)10-19(14)17-5-7-18(15-3-4-15)21(24)11-17/h5,7,9-11,15,22,26H,3-4,6,8,12-13H2,1-2H3/t22-/m0/s1. The number of halogens is 1. The number of nitrogens with zero attached hydrogens (tertiary/aromatic N) is 1. The number of hydrogen-bond acceptors (Lipinski definition) is 2. The van der Waals surface area contributed by atoms with Gasteiger partial charge in [-0.25, -0.2) is 0 Å². The minimum absolute atomic E-state index is 0.471. The van der Waals surface area contributed by atoms with Gasteiger partial charge in [-0.2, -0.15) is 0 Å². The van der Waals surface area contributed by atoms with E-state index in [1.54, 1.807) is 0 Å². The zero-order valence-electron chi connectivity index (χ0n) is 15.6. The molecule has 0 unspecified atom stereocenters. The second-order valence-electron chi connectivity index (χ2n) is 8.83. The van der Waals surface area contributed by atoms with Crippen LogP contribution in [0.25, 0.3) is 11.1 Å². The number of hydrogen-bond donors (Lipinski definition) is 1. The van der Waals surface area contributed by atoms with Gasteiger partial charge in [0, 0.05) is 24.2 Å². The van der Waals surface area contributed by atoms with Crippen LogP contribution in [-0.2, 0) is 6.42 Å². The largest absolute Gasteiger partial charge is 0.388 e. The molecule has 5 rings (SSSR count). The third kappa shape index (κ3) is 2.79. The van der Waals surface area contributed by atoms with Crippen LogP contribution in [0.4, 0.5) is 0 Å². The van der Waals surface area contributed by atoms with Crippen LogP contribution in [0.2, 0.25) is 5.02 Å². The first-order valence-electron chi connectivity index (χ1n) is 9.81. The lowest BCUT2D eigenvalue weighted by Crippen LogP contribution is -2.60. The van der Waals surface area contributed by atoms with Crippen molar-refractivity contribution in [3.63, 3.8) is 0 Å². The van der Waals surface area contributed by atoms with E-state index in [2.05, 4.69) is 42.2 Å². The maximum absolute atomic E-state index is 10.1. The Hall–Kier alpha value is -1.35. The molecule has 0 amide bonds. The third-order valence-corrected chi connectivity index (χ3v) is 6.72. The molecule has 0 spiro atoms. The molecule has 1 atom stereocenters. The maximum Gasteiger partial charge on any atom is 0.0872 e. The molecule has 0 radical (unpaired) electrons. The highest BCUT2D eigenvalue weighted by atomic mass is 35.5. The average Bonchev–Trinajstić information content (AvgIpc) is 3.32. The van der Waals surface area contributed by atoms with Gasteiger partial charge in [-0.3, -0.25) is 4.90 Å². The van der Waals surface area contributed by atoms with E-state index in [9.17, 15) is 5.11 Å². The molecular formula is C23H26ClNO. The molecule has 2 nitrogen and oxygen atoms in total. The summed E-state index contributed by atoms with van der Waals surface area (Å²) in [5.41, 5.74) is 7.60. The number of aliphatic hydroxyl groups is 1. The van der Waals surface area contributed by atoms with E-state index in [4.69, 9.17) is 11.6 Å². The number of rotatable bonds is 3. The number of β-amino-alcohol motifs (C(OH)–C–C–N with tert-alkyl or cyclic N) is 1. The summed E-state index contributed by atoms with van der Waals surface area (Å²) in [4.78, 5) is 2.42. The van der Waals surface area contributed by atoms with E-state index in [1.807, 2.05) is 6.92 Å². The Bertz CT molecular complexity index is 876. The topological polar surface area (TPSA) is 23.5 Å². The summed E-state index contributed by atoms with van der Waals surface area (Å²) < 4.78 is 0. The lowest BCUT2D eigenvalue weighted by atomic mass is 9.90. The first kappa shape index (κ1) is 16.8. The molecule has 2 fully saturated rings. The maximum atomic E-state index is 10.1. The smallest absolute Gasteiger partial charge is 0.0872 e. The Labute approximate surface area is 160 Å². The minimum atomic E-state index is -0.502. The Morgan fingerprint density at radius 2 is 1.85 bits per heavy atom. The van der Waals surface area contributed by atoms with Crippen LogP contribution >= 0.6 is 11.6 Å². The van der Waals surface area contributed by atoms with Crippen LogP contribution in [0.1, 0.15) is 60.4 Å². The monoisotopic (exact) mass is 367 g/mol. The van der Waals surface area contributed by atoms with Crippen molar-refractivity contribution in [2.75, 3.05) is 13.1 Å². The molecule has 2 aromatic rings. The Balaban J connectivity index is 1.46. The highest BCUT2D eigenvalue weighted by Gasteiger charge is 2.42. The van der Waals surface area contributed by atoms with Crippen molar-refractivity contribution in [2.45, 2.75) is 57.1 Å². The van der Waals surface area contributed by atoms with E-state index in [0.717, 1.165) is 31.0 Å². The molecular weight excluding hydrogens is 342 g/mol. The second kappa shape index (κ2) is 5.82. The minimum Gasteiger partial charge on any atom is -0.388 e. The Morgan fingerprint density at radius 3 is 2.50 bits per heavy atom. The summed E-state index contributed by atoms with van der Waals surface area (Å²) >= 11 is 6.57. The van der Waals surface area contributed by atoms with Crippen molar-refractivity contribution in [1.82, 2.24) is 4.90 Å². The quantitative estimate of drug-likeness (QED) is 0.801. The molecule has 26 heavy (non-hydrogen) atoms. The predicted molar refractivity (Wildman–Crippen MR) is 107 cm³/mol. The first-order chi connectivity index (χ1) is 12.4. The molecule has 2 aromatic carbocycles. The molecule has 3 aliphatic rings. The first-order valence-corrected chi connectivity index (χ1v) is 10.2. The molecule has 1 N–H and O–H groups in total. The normalized spacial score (nSPS) is 24.4. The molecule has 136 valence electrons.